The van der Waals surface area contributed by atoms with Crippen LogP contribution >= 0.6 is 11.6 Å². The highest BCUT2D eigenvalue weighted by atomic mass is 35.5. The van der Waals surface area contributed by atoms with Crippen molar-refractivity contribution >= 4 is 11.6 Å². The molecule has 0 amide bonds. The maximum Gasteiger partial charge on any atom is 0.147 e. The van der Waals surface area contributed by atoms with Crippen LogP contribution < -0.4 is 0 Å². The second kappa shape index (κ2) is 4.97. The maximum absolute atomic E-state index is 5.79. The van der Waals surface area contributed by atoms with Gasteiger partial charge in [0, 0.05) is 6.54 Å². The normalized spacial score (nSPS) is 26.8. The van der Waals surface area contributed by atoms with E-state index < -0.39 is 0 Å². The fourth-order valence-electron chi connectivity index (χ4n) is 2.32. The van der Waals surface area contributed by atoms with E-state index in [0.29, 0.717) is 5.88 Å². The zero-order chi connectivity index (χ0) is 10.7. The van der Waals surface area contributed by atoms with Crippen LogP contribution in [0.25, 0.3) is 0 Å². The van der Waals surface area contributed by atoms with Crippen molar-refractivity contribution in [3.63, 3.8) is 0 Å². The largest absolute Gasteiger partial charge is 0.316 e. The van der Waals surface area contributed by atoms with Gasteiger partial charge in [0.15, 0.2) is 0 Å². The quantitative estimate of drug-likeness (QED) is 0.744. The molecular weight excluding hydrogens is 210 g/mol. The van der Waals surface area contributed by atoms with Crippen LogP contribution in [-0.2, 0) is 12.4 Å². The van der Waals surface area contributed by atoms with Crippen molar-refractivity contribution in [2.75, 3.05) is 0 Å². The Morgan fingerprint density at radius 2 is 2.13 bits per heavy atom. The molecule has 1 heterocycles. The summed E-state index contributed by atoms with van der Waals surface area (Å²) >= 11 is 5.79. The van der Waals surface area contributed by atoms with Gasteiger partial charge in [-0.15, -0.1) is 21.8 Å². The van der Waals surface area contributed by atoms with Crippen molar-refractivity contribution < 1.29 is 0 Å². The highest BCUT2D eigenvalue weighted by molar-refractivity contribution is 6.16. The molecule has 15 heavy (non-hydrogen) atoms. The van der Waals surface area contributed by atoms with E-state index in [9.17, 15) is 0 Å². The molecule has 0 bridgehead atoms. The molecule has 0 spiro atoms. The molecule has 0 atom stereocenters. The molecule has 0 aliphatic heterocycles. The Morgan fingerprint density at radius 3 is 2.80 bits per heavy atom. The van der Waals surface area contributed by atoms with Crippen LogP contribution in [0.15, 0.2) is 6.33 Å². The third-order valence-electron chi connectivity index (χ3n) is 3.41. The lowest BCUT2D eigenvalue weighted by molar-refractivity contribution is 0.263. The molecule has 1 aromatic heterocycles. The van der Waals surface area contributed by atoms with Gasteiger partial charge in [-0.1, -0.05) is 19.8 Å². The smallest absolute Gasteiger partial charge is 0.147 e. The molecule has 2 rings (SSSR count). The molecule has 4 heteroatoms. The summed E-state index contributed by atoms with van der Waals surface area (Å²) in [5.41, 5.74) is 0. The van der Waals surface area contributed by atoms with Gasteiger partial charge in [-0.05, 0) is 24.7 Å². The van der Waals surface area contributed by atoms with Gasteiger partial charge >= 0.3 is 0 Å². The lowest BCUT2D eigenvalue weighted by Gasteiger charge is -2.26. The van der Waals surface area contributed by atoms with Gasteiger partial charge in [0.2, 0.25) is 0 Å². The van der Waals surface area contributed by atoms with Crippen molar-refractivity contribution in [2.24, 2.45) is 11.8 Å². The number of aromatic nitrogens is 3. The summed E-state index contributed by atoms with van der Waals surface area (Å²) in [5.74, 6) is 3.06. The molecule has 0 saturated heterocycles. The number of hydrogen-bond acceptors (Lipinski definition) is 2. The van der Waals surface area contributed by atoms with Gasteiger partial charge < -0.3 is 4.57 Å². The average Bonchev–Trinajstić information content (AvgIpc) is 2.69. The molecule has 0 N–H and O–H groups in total. The third kappa shape index (κ3) is 2.71. The predicted molar refractivity (Wildman–Crippen MR) is 60.7 cm³/mol. The molecule has 0 aromatic carbocycles. The number of halogens is 1. The van der Waals surface area contributed by atoms with Crippen LogP contribution in [0.3, 0.4) is 0 Å². The maximum atomic E-state index is 5.79. The summed E-state index contributed by atoms with van der Waals surface area (Å²) in [6.07, 6.45) is 7.20. The Labute approximate surface area is 95.8 Å². The van der Waals surface area contributed by atoms with Gasteiger partial charge in [0.1, 0.15) is 12.2 Å². The molecule has 1 aliphatic carbocycles. The lowest BCUT2D eigenvalue weighted by Crippen LogP contribution is -2.18. The second-order valence-corrected chi connectivity index (χ2v) is 4.93. The Bertz CT molecular complexity index is 303. The topological polar surface area (TPSA) is 30.7 Å². The fraction of sp³-hybridized carbons (Fsp3) is 0.818. The molecule has 0 radical (unpaired) electrons. The molecule has 0 unspecified atom stereocenters. The van der Waals surface area contributed by atoms with E-state index in [1.165, 1.54) is 25.7 Å². The first-order valence-corrected chi connectivity index (χ1v) is 6.25. The first-order chi connectivity index (χ1) is 7.29. The summed E-state index contributed by atoms with van der Waals surface area (Å²) in [6.45, 7) is 3.39. The number of nitrogens with zero attached hydrogens (tertiary/aromatic N) is 3. The molecule has 1 fully saturated rings. The van der Waals surface area contributed by atoms with E-state index in [1.807, 2.05) is 0 Å². The fourth-order valence-corrected chi connectivity index (χ4v) is 2.53. The van der Waals surface area contributed by atoms with Crippen molar-refractivity contribution in [1.29, 1.82) is 0 Å². The van der Waals surface area contributed by atoms with Crippen LogP contribution in [0.1, 0.15) is 38.4 Å². The highest BCUT2D eigenvalue weighted by Crippen LogP contribution is 2.29. The Kier molecular flexibility index (Phi) is 3.62. The third-order valence-corrected chi connectivity index (χ3v) is 3.64. The minimum absolute atomic E-state index is 0.461. The molecule has 84 valence electrons. The van der Waals surface area contributed by atoms with E-state index in [2.05, 4.69) is 21.7 Å². The number of rotatable bonds is 3. The zero-order valence-corrected chi connectivity index (χ0v) is 9.95. The molecule has 1 aromatic rings. The first kappa shape index (κ1) is 10.9. The second-order valence-electron chi connectivity index (χ2n) is 4.66. The van der Waals surface area contributed by atoms with Crippen molar-refractivity contribution in [3.05, 3.63) is 12.2 Å². The molecule has 1 saturated carbocycles. The Balaban J connectivity index is 1.91. The summed E-state index contributed by atoms with van der Waals surface area (Å²) < 4.78 is 2.10. The Hall–Kier alpha value is -0.570. The first-order valence-electron chi connectivity index (χ1n) is 5.72. The van der Waals surface area contributed by atoms with Crippen molar-refractivity contribution in [2.45, 2.75) is 45.0 Å². The van der Waals surface area contributed by atoms with Crippen LogP contribution in [0.2, 0.25) is 0 Å². The van der Waals surface area contributed by atoms with Crippen LogP contribution in [0.4, 0.5) is 0 Å². The molecule has 1 aliphatic rings. The van der Waals surface area contributed by atoms with Gasteiger partial charge in [-0.2, -0.15) is 0 Å². The van der Waals surface area contributed by atoms with Gasteiger partial charge in [-0.25, -0.2) is 0 Å². The van der Waals surface area contributed by atoms with E-state index in [4.69, 9.17) is 11.6 Å². The minimum atomic E-state index is 0.461. The molecule has 3 nitrogen and oxygen atoms in total. The number of hydrogen-bond donors (Lipinski definition) is 0. The van der Waals surface area contributed by atoms with Crippen molar-refractivity contribution in [3.8, 4) is 0 Å². The average molecular weight is 228 g/mol. The van der Waals surface area contributed by atoms with Gasteiger partial charge in [0.25, 0.3) is 0 Å². The minimum Gasteiger partial charge on any atom is -0.316 e. The summed E-state index contributed by atoms with van der Waals surface area (Å²) in [5, 5.41) is 7.90. The van der Waals surface area contributed by atoms with Gasteiger partial charge in [0.05, 0.1) is 5.88 Å². The van der Waals surface area contributed by atoms with Crippen LogP contribution in [0, 0.1) is 11.8 Å². The van der Waals surface area contributed by atoms with E-state index in [1.54, 1.807) is 6.33 Å². The standard InChI is InChI=1S/C11H18ClN3/c1-9-2-4-10(5-3-9)7-15-8-13-14-11(15)6-12/h8-10H,2-7H2,1H3. The molecular formula is C11H18ClN3. The zero-order valence-electron chi connectivity index (χ0n) is 9.19. The Morgan fingerprint density at radius 1 is 1.40 bits per heavy atom. The highest BCUT2D eigenvalue weighted by Gasteiger charge is 2.19. The van der Waals surface area contributed by atoms with Crippen LogP contribution in [0.5, 0.6) is 0 Å². The summed E-state index contributed by atoms with van der Waals surface area (Å²) in [6, 6.07) is 0. The van der Waals surface area contributed by atoms with E-state index >= 15 is 0 Å². The SMILES string of the molecule is CC1CCC(Cn2cnnc2CCl)CC1. The van der Waals surface area contributed by atoms with Crippen LogP contribution in [-0.4, -0.2) is 14.8 Å². The number of alkyl halides is 1. The predicted octanol–water partition coefficient (Wildman–Crippen LogP) is 2.84. The summed E-state index contributed by atoms with van der Waals surface area (Å²) in [7, 11) is 0. The monoisotopic (exact) mass is 227 g/mol. The summed E-state index contributed by atoms with van der Waals surface area (Å²) in [4.78, 5) is 0. The lowest BCUT2D eigenvalue weighted by atomic mass is 9.83. The van der Waals surface area contributed by atoms with Crippen molar-refractivity contribution in [1.82, 2.24) is 14.8 Å². The van der Waals surface area contributed by atoms with Gasteiger partial charge in [-0.3, -0.25) is 0 Å². The van der Waals surface area contributed by atoms with E-state index in [-0.39, 0.29) is 0 Å². The van der Waals surface area contributed by atoms with E-state index in [0.717, 1.165) is 24.2 Å².